The molecule has 2 atom stereocenters. The topological polar surface area (TPSA) is 76.1 Å². The second kappa shape index (κ2) is 8.21. The van der Waals surface area contributed by atoms with E-state index in [1.807, 2.05) is 0 Å². The number of carboxylic acid groups (broad SMARTS) is 1. The Morgan fingerprint density at radius 1 is 1.38 bits per heavy atom. The van der Waals surface area contributed by atoms with Gasteiger partial charge in [-0.3, -0.25) is 9.59 Å². The fourth-order valence-corrected chi connectivity index (χ4v) is 2.87. The summed E-state index contributed by atoms with van der Waals surface area (Å²) in [4.78, 5) is 25.3. The Labute approximate surface area is 140 Å². The number of rotatable bonds is 7. The van der Waals surface area contributed by atoms with Crippen molar-refractivity contribution in [1.82, 2.24) is 4.90 Å². The van der Waals surface area contributed by atoms with Crippen molar-refractivity contribution < 1.29 is 28.6 Å². The lowest BCUT2D eigenvalue weighted by Crippen LogP contribution is -2.37. The number of carbonyl (C=O) groups is 2. The Hall–Kier alpha value is -1.99. The van der Waals surface area contributed by atoms with Crippen LogP contribution >= 0.6 is 0 Å². The zero-order valence-corrected chi connectivity index (χ0v) is 13.8. The molecule has 1 aromatic rings. The minimum Gasteiger partial charge on any atom is -0.481 e. The van der Waals surface area contributed by atoms with Crippen LogP contribution in [0.2, 0.25) is 0 Å². The third-order valence-corrected chi connectivity index (χ3v) is 4.32. The maximum absolute atomic E-state index is 13.9. The number of hydrogen-bond donors (Lipinski definition) is 1. The molecule has 1 N–H and O–H groups in total. The number of hydrogen-bond acceptors (Lipinski definition) is 4. The molecule has 132 valence electrons. The molecular formula is C17H22FNO5. The van der Waals surface area contributed by atoms with Gasteiger partial charge in [-0.2, -0.15) is 0 Å². The monoisotopic (exact) mass is 339 g/mol. The van der Waals surface area contributed by atoms with E-state index in [1.165, 1.54) is 23.1 Å². The van der Waals surface area contributed by atoms with Crippen LogP contribution in [0.25, 0.3) is 0 Å². The fourth-order valence-electron chi connectivity index (χ4n) is 2.87. The van der Waals surface area contributed by atoms with E-state index >= 15 is 0 Å². The molecule has 1 amide bonds. The standard InChI is InChI=1S/C17H22FNO5/c1-11-14(17(21)22)5-6-19(11)16(20)12-3-4-15(18)13(9-12)10-24-8-7-23-2/h3-4,9,11,14H,5-8,10H2,1-2H3,(H,21,22). The Balaban J connectivity index is 2.08. The minimum atomic E-state index is -0.899. The van der Waals surface area contributed by atoms with Crippen molar-refractivity contribution in [3.05, 3.63) is 35.1 Å². The molecule has 0 aromatic heterocycles. The molecule has 1 aliphatic heterocycles. The molecule has 1 saturated heterocycles. The predicted molar refractivity (Wildman–Crippen MR) is 84.2 cm³/mol. The summed E-state index contributed by atoms with van der Waals surface area (Å²) in [7, 11) is 1.55. The number of amides is 1. The van der Waals surface area contributed by atoms with Crippen molar-refractivity contribution in [1.29, 1.82) is 0 Å². The van der Waals surface area contributed by atoms with Gasteiger partial charge in [0.15, 0.2) is 0 Å². The van der Waals surface area contributed by atoms with Crippen LogP contribution in [0.4, 0.5) is 4.39 Å². The zero-order valence-electron chi connectivity index (χ0n) is 13.8. The van der Waals surface area contributed by atoms with Gasteiger partial charge < -0.3 is 19.5 Å². The van der Waals surface area contributed by atoms with Gasteiger partial charge in [0.1, 0.15) is 5.82 Å². The molecule has 1 aliphatic rings. The van der Waals surface area contributed by atoms with Crippen LogP contribution in [0.1, 0.15) is 29.3 Å². The van der Waals surface area contributed by atoms with E-state index in [-0.39, 0.29) is 18.6 Å². The average molecular weight is 339 g/mol. The van der Waals surface area contributed by atoms with Gasteiger partial charge in [0.25, 0.3) is 5.91 Å². The normalized spacial score (nSPS) is 20.4. The van der Waals surface area contributed by atoms with Gasteiger partial charge >= 0.3 is 5.97 Å². The summed E-state index contributed by atoms with van der Waals surface area (Å²) in [6.45, 7) is 2.89. The maximum atomic E-state index is 13.9. The molecule has 7 heteroatoms. The fraction of sp³-hybridized carbons (Fsp3) is 0.529. The molecule has 0 saturated carbocycles. The van der Waals surface area contributed by atoms with Gasteiger partial charge in [-0.1, -0.05) is 0 Å². The number of aliphatic carboxylic acids is 1. The second-order valence-electron chi connectivity index (χ2n) is 5.82. The van der Waals surface area contributed by atoms with E-state index in [9.17, 15) is 14.0 Å². The van der Waals surface area contributed by atoms with Gasteiger partial charge in [-0.05, 0) is 31.5 Å². The van der Waals surface area contributed by atoms with E-state index in [0.717, 1.165) is 0 Å². The average Bonchev–Trinajstić information content (AvgIpc) is 2.94. The van der Waals surface area contributed by atoms with E-state index < -0.39 is 17.7 Å². The number of carbonyl (C=O) groups excluding carboxylic acids is 1. The molecule has 1 heterocycles. The number of ether oxygens (including phenoxy) is 2. The lowest BCUT2D eigenvalue weighted by atomic mass is 10.0. The molecule has 1 aromatic carbocycles. The van der Waals surface area contributed by atoms with Crippen LogP contribution in [-0.4, -0.2) is 54.8 Å². The maximum Gasteiger partial charge on any atom is 0.308 e. The molecule has 6 nitrogen and oxygen atoms in total. The first-order chi connectivity index (χ1) is 11.5. The molecule has 0 spiro atoms. The highest BCUT2D eigenvalue weighted by atomic mass is 19.1. The van der Waals surface area contributed by atoms with Gasteiger partial charge in [-0.15, -0.1) is 0 Å². The van der Waals surface area contributed by atoms with Crippen molar-refractivity contribution >= 4 is 11.9 Å². The minimum absolute atomic E-state index is 0.0453. The molecule has 0 aliphatic carbocycles. The summed E-state index contributed by atoms with van der Waals surface area (Å²) in [5.41, 5.74) is 0.623. The molecule has 2 unspecified atom stereocenters. The Bertz CT molecular complexity index is 607. The quantitative estimate of drug-likeness (QED) is 0.768. The number of likely N-dealkylation sites (tertiary alicyclic amines) is 1. The first kappa shape index (κ1) is 18.4. The summed E-state index contributed by atoms with van der Waals surface area (Å²) in [5, 5.41) is 9.16. The Morgan fingerprint density at radius 2 is 2.12 bits per heavy atom. The summed E-state index contributed by atoms with van der Waals surface area (Å²) in [6.07, 6.45) is 0.427. The molecule has 0 radical (unpaired) electrons. The van der Waals surface area contributed by atoms with Crippen molar-refractivity contribution in [2.24, 2.45) is 5.92 Å². The van der Waals surface area contributed by atoms with Crippen LogP contribution in [-0.2, 0) is 20.9 Å². The number of benzene rings is 1. The molecule has 24 heavy (non-hydrogen) atoms. The third-order valence-electron chi connectivity index (χ3n) is 4.32. The molecule has 1 fully saturated rings. The molecule has 2 rings (SSSR count). The van der Waals surface area contributed by atoms with Crippen molar-refractivity contribution in [2.45, 2.75) is 26.0 Å². The highest BCUT2D eigenvalue weighted by Gasteiger charge is 2.38. The number of halogens is 1. The first-order valence-electron chi connectivity index (χ1n) is 7.84. The lowest BCUT2D eigenvalue weighted by Gasteiger charge is -2.23. The summed E-state index contributed by atoms with van der Waals surface area (Å²) in [6, 6.07) is 3.72. The van der Waals surface area contributed by atoms with Gasteiger partial charge in [0.05, 0.1) is 25.7 Å². The highest BCUT2D eigenvalue weighted by molar-refractivity contribution is 5.95. The number of nitrogens with zero attached hydrogens (tertiary/aromatic N) is 1. The lowest BCUT2D eigenvalue weighted by molar-refractivity contribution is -0.142. The largest absolute Gasteiger partial charge is 0.481 e. The third kappa shape index (κ3) is 4.10. The Morgan fingerprint density at radius 3 is 2.75 bits per heavy atom. The summed E-state index contributed by atoms with van der Waals surface area (Å²) >= 11 is 0. The first-order valence-corrected chi connectivity index (χ1v) is 7.84. The predicted octanol–water partition coefficient (Wildman–Crippen LogP) is 1.92. The molecule has 0 bridgehead atoms. The van der Waals surface area contributed by atoms with Crippen LogP contribution in [0.3, 0.4) is 0 Å². The summed E-state index contributed by atoms with van der Waals surface area (Å²) in [5.74, 6) is -2.19. The van der Waals surface area contributed by atoms with Crippen LogP contribution < -0.4 is 0 Å². The van der Waals surface area contributed by atoms with E-state index in [1.54, 1.807) is 14.0 Å². The van der Waals surface area contributed by atoms with Gasteiger partial charge in [0, 0.05) is 30.8 Å². The second-order valence-corrected chi connectivity index (χ2v) is 5.82. The van der Waals surface area contributed by atoms with Crippen LogP contribution in [0, 0.1) is 11.7 Å². The van der Waals surface area contributed by atoms with Gasteiger partial charge in [0.2, 0.25) is 0 Å². The van der Waals surface area contributed by atoms with Crippen LogP contribution in [0.5, 0.6) is 0 Å². The van der Waals surface area contributed by atoms with Crippen LogP contribution in [0.15, 0.2) is 18.2 Å². The SMILES string of the molecule is COCCOCc1cc(C(=O)N2CCC(C(=O)O)C2C)ccc1F. The highest BCUT2D eigenvalue weighted by Crippen LogP contribution is 2.26. The van der Waals surface area contributed by atoms with E-state index in [2.05, 4.69) is 0 Å². The molecular weight excluding hydrogens is 317 g/mol. The number of methoxy groups -OCH3 is 1. The van der Waals surface area contributed by atoms with E-state index in [0.29, 0.717) is 37.3 Å². The van der Waals surface area contributed by atoms with E-state index in [4.69, 9.17) is 14.6 Å². The summed E-state index contributed by atoms with van der Waals surface area (Å²) < 4.78 is 24.0. The zero-order chi connectivity index (χ0) is 17.7. The van der Waals surface area contributed by atoms with Crippen molar-refractivity contribution in [3.63, 3.8) is 0 Å². The smallest absolute Gasteiger partial charge is 0.308 e. The Kier molecular flexibility index (Phi) is 6.28. The van der Waals surface area contributed by atoms with Crippen molar-refractivity contribution in [2.75, 3.05) is 26.9 Å². The van der Waals surface area contributed by atoms with Crippen molar-refractivity contribution in [3.8, 4) is 0 Å². The number of carboxylic acids is 1. The van der Waals surface area contributed by atoms with Gasteiger partial charge in [-0.25, -0.2) is 4.39 Å².